The number of rotatable bonds is 1. The lowest BCUT2D eigenvalue weighted by molar-refractivity contribution is -0.275. The first-order valence-corrected chi connectivity index (χ1v) is 2.94. The molecule has 2 nitrogen and oxygen atoms in total. The highest BCUT2D eigenvalue weighted by Crippen LogP contribution is 2.29. The van der Waals surface area contributed by atoms with Crippen molar-refractivity contribution in [1.29, 1.82) is 0 Å². The Morgan fingerprint density at radius 2 is 2.08 bits per heavy atom. The average molecular weight is 177 g/mol. The number of phenols is 1. The number of hydrogen-bond donors (Lipinski definition) is 1. The van der Waals surface area contributed by atoms with Crippen molar-refractivity contribution in [1.82, 2.24) is 0 Å². The summed E-state index contributed by atoms with van der Waals surface area (Å²) in [4.78, 5) is 0. The minimum atomic E-state index is -4.78. The maximum atomic E-state index is 11.6. The van der Waals surface area contributed by atoms with Gasteiger partial charge in [0.2, 0.25) is 0 Å². The molecule has 0 unspecified atom stereocenters. The second-order valence-electron chi connectivity index (χ2n) is 1.94. The Morgan fingerprint density at radius 3 is 2.58 bits per heavy atom. The van der Waals surface area contributed by atoms with E-state index in [2.05, 4.69) is 10.8 Å². The first kappa shape index (κ1) is 8.70. The molecule has 0 atom stereocenters. The lowest BCUT2D eigenvalue weighted by Gasteiger charge is -2.08. The van der Waals surface area contributed by atoms with Gasteiger partial charge in [-0.2, -0.15) is 0 Å². The van der Waals surface area contributed by atoms with Crippen molar-refractivity contribution in [2.45, 2.75) is 6.36 Å². The minimum Gasteiger partial charge on any atom is -0.504 e. The fourth-order valence-corrected chi connectivity index (χ4v) is 0.618. The van der Waals surface area contributed by atoms with Gasteiger partial charge in [-0.3, -0.25) is 0 Å². The van der Waals surface area contributed by atoms with E-state index in [1.54, 1.807) is 0 Å². The standard InChI is InChI=1S/C7H4F3O2/c8-7(9,10)12-6-4-2-1-3-5(6)11/h2-4,11H. The largest absolute Gasteiger partial charge is 0.573 e. The zero-order valence-electron chi connectivity index (χ0n) is 5.72. The highest BCUT2D eigenvalue weighted by molar-refractivity contribution is 5.37. The van der Waals surface area contributed by atoms with Crippen LogP contribution in [0.1, 0.15) is 0 Å². The highest BCUT2D eigenvalue weighted by Gasteiger charge is 2.31. The number of hydrogen-bond acceptors (Lipinski definition) is 2. The monoisotopic (exact) mass is 177 g/mol. The zero-order valence-corrected chi connectivity index (χ0v) is 5.72. The van der Waals surface area contributed by atoms with Crippen molar-refractivity contribution in [3.8, 4) is 11.5 Å². The topological polar surface area (TPSA) is 29.5 Å². The summed E-state index contributed by atoms with van der Waals surface area (Å²) >= 11 is 0. The van der Waals surface area contributed by atoms with E-state index in [0.717, 1.165) is 12.1 Å². The Balaban J connectivity index is 2.83. The van der Waals surface area contributed by atoms with Gasteiger partial charge in [0.15, 0.2) is 11.5 Å². The predicted molar refractivity (Wildman–Crippen MR) is 33.6 cm³/mol. The molecule has 0 aliphatic carbocycles. The molecule has 0 heterocycles. The van der Waals surface area contributed by atoms with Crippen molar-refractivity contribution in [2.24, 2.45) is 0 Å². The molecule has 0 aromatic heterocycles. The molecule has 1 radical (unpaired) electrons. The van der Waals surface area contributed by atoms with E-state index in [1.807, 2.05) is 0 Å². The van der Waals surface area contributed by atoms with E-state index < -0.39 is 17.9 Å². The number of benzene rings is 1. The van der Waals surface area contributed by atoms with E-state index in [4.69, 9.17) is 5.11 Å². The summed E-state index contributed by atoms with van der Waals surface area (Å²) in [6.45, 7) is 0. The fraction of sp³-hybridized carbons (Fsp3) is 0.143. The van der Waals surface area contributed by atoms with Gasteiger partial charge in [-0.05, 0) is 18.2 Å². The van der Waals surface area contributed by atoms with Crippen LogP contribution in [0.15, 0.2) is 18.2 Å². The third-order valence-corrected chi connectivity index (χ3v) is 1.03. The summed E-state index contributed by atoms with van der Waals surface area (Å²) in [5.41, 5.74) is 0. The molecule has 1 N–H and O–H groups in total. The van der Waals surface area contributed by atoms with Gasteiger partial charge >= 0.3 is 6.36 Å². The smallest absolute Gasteiger partial charge is 0.504 e. The Morgan fingerprint density at radius 1 is 1.42 bits per heavy atom. The maximum absolute atomic E-state index is 11.6. The number of aromatic hydroxyl groups is 1. The van der Waals surface area contributed by atoms with Gasteiger partial charge in [-0.1, -0.05) is 6.07 Å². The molecule has 65 valence electrons. The summed E-state index contributed by atoms with van der Waals surface area (Å²) in [5.74, 6) is -1.21. The molecule has 0 spiro atoms. The molecule has 0 fully saturated rings. The van der Waals surface area contributed by atoms with Gasteiger partial charge in [0.05, 0.1) is 0 Å². The van der Waals surface area contributed by atoms with Crippen LogP contribution in [-0.4, -0.2) is 11.5 Å². The van der Waals surface area contributed by atoms with Crippen LogP contribution in [0.2, 0.25) is 0 Å². The van der Waals surface area contributed by atoms with Crippen LogP contribution in [0, 0.1) is 6.07 Å². The Bertz CT molecular complexity index is 270. The second kappa shape index (κ2) is 2.92. The maximum Gasteiger partial charge on any atom is 0.573 e. The quantitative estimate of drug-likeness (QED) is 0.711. The molecule has 0 saturated carbocycles. The molecule has 12 heavy (non-hydrogen) atoms. The molecular formula is C7H4F3O2. The molecule has 1 aromatic rings. The van der Waals surface area contributed by atoms with E-state index in [0.29, 0.717) is 0 Å². The van der Waals surface area contributed by atoms with Gasteiger partial charge in [-0.25, -0.2) is 0 Å². The first-order chi connectivity index (χ1) is 5.49. The van der Waals surface area contributed by atoms with Crippen LogP contribution in [-0.2, 0) is 0 Å². The normalized spacial score (nSPS) is 11.2. The number of alkyl halides is 3. The van der Waals surface area contributed by atoms with Crippen LogP contribution in [0.3, 0.4) is 0 Å². The Labute approximate surface area is 66.2 Å². The van der Waals surface area contributed by atoms with Gasteiger partial charge in [-0.15, -0.1) is 13.2 Å². The second-order valence-corrected chi connectivity index (χ2v) is 1.94. The van der Waals surface area contributed by atoms with Crippen LogP contribution in [0.25, 0.3) is 0 Å². The Hall–Kier alpha value is -1.39. The molecule has 5 heteroatoms. The van der Waals surface area contributed by atoms with Crippen molar-refractivity contribution in [3.05, 3.63) is 24.3 Å². The summed E-state index contributed by atoms with van der Waals surface area (Å²) < 4.78 is 38.2. The van der Waals surface area contributed by atoms with Gasteiger partial charge < -0.3 is 9.84 Å². The third kappa shape index (κ3) is 2.34. The molecule has 1 aromatic carbocycles. The Kier molecular flexibility index (Phi) is 2.12. The highest BCUT2D eigenvalue weighted by atomic mass is 19.4. The molecule has 0 saturated heterocycles. The van der Waals surface area contributed by atoms with Gasteiger partial charge in [0.25, 0.3) is 0 Å². The van der Waals surface area contributed by atoms with Crippen molar-refractivity contribution >= 4 is 0 Å². The molecule has 0 aliphatic rings. The van der Waals surface area contributed by atoms with Crippen LogP contribution in [0.4, 0.5) is 13.2 Å². The van der Waals surface area contributed by atoms with Gasteiger partial charge in [0, 0.05) is 0 Å². The number of ether oxygens (including phenoxy) is 1. The van der Waals surface area contributed by atoms with E-state index in [9.17, 15) is 13.2 Å². The minimum absolute atomic E-state index is 0.588. The molecule has 0 aliphatic heterocycles. The van der Waals surface area contributed by atoms with Crippen LogP contribution in [0.5, 0.6) is 11.5 Å². The SMILES string of the molecule is Oc1c[c]ccc1OC(F)(F)F. The van der Waals surface area contributed by atoms with E-state index in [1.165, 1.54) is 6.07 Å². The summed E-state index contributed by atoms with van der Waals surface area (Å²) in [5, 5.41) is 8.82. The van der Waals surface area contributed by atoms with Gasteiger partial charge in [0.1, 0.15) is 0 Å². The van der Waals surface area contributed by atoms with Crippen molar-refractivity contribution in [2.75, 3.05) is 0 Å². The summed E-state index contributed by atoms with van der Waals surface area (Å²) in [7, 11) is 0. The molecule has 1 rings (SSSR count). The van der Waals surface area contributed by atoms with Crippen LogP contribution < -0.4 is 4.74 Å². The first-order valence-electron chi connectivity index (χ1n) is 2.94. The lowest BCUT2D eigenvalue weighted by Crippen LogP contribution is -2.17. The number of phenolic OH excluding ortho intramolecular Hbond substituents is 1. The van der Waals surface area contributed by atoms with E-state index >= 15 is 0 Å². The van der Waals surface area contributed by atoms with Crippen LogP contribution >= 0.6 is 0 Å². The summed E-state index contributed by atoms with van der Waals surface area (Å²) in [6.07, 6.45) is -4.78. The third-order valence-electron chi connectivity index (χ3n) is 1.03. The molecule has 0 amide bonds. The lowest BCUT2D eigenvalue weighted by atomic mass is 10.3. The molecule has 0 bridgehead atoms. The fourth-order valence-electron chi connectivity index (χ4n) is 0.618. The average Bonchev–Trinajstić information content (AvgIpc) is 1.91. The molecular weight excluding hydrogens is 173 g/mol. The zero-order chi connectivity index (χ0) is 9.19. The summed E-state index contributed by atoms with van der Waals surface area (Å²) in [6, 6.07) is 5.56. The van der Waals surface area contributed by atoms with Crippen molar-refractivity contribution < 1.29 is 23.0 Å². The van der Waals surface area contributed by atoms with Crippen molar-refractivity contribution in [3.63, 3.8) is 0 Å². The van der Waals surface area contributed by atoms with E-state index in [-0.39, 0.29) is 0 Å². The predicted octanol–water partition coefficient (Wildman–Crippen LogP) is 2.09. The number of halogens is 3.